The van der Waals surface area contributed by atoms with Gasteiger partial charge in [0, 0.05) is 12.2 Å². The Morgan fingerprint density at radius 1 is 1.59 bits per heavy atom. The van der Waals surface area contributed by atoms with Crippen LogP contribution in [-0.4, -0.2) is 35.1 Å². The molecular weight excluding hydrogens is 216 g/mol. The van der Waals surface area contributed by atoms with Gasteiger partial charge in [-0.05, 0) is 31.9 Å². The monoisotopic (exact) mass is 234 g/mol. The van der Waals surface area contributed by atoms with E-state index >= 15 is 0 Å². The molecule has 1 heterocycles. The summed E-state index contributed by atoms with van der Waals surface area (Å²) < 4.78 is 0. The number of nitrogens with zero attached hydrogens (tertiary/aromatic N) is 1. The van der Waals surface area contributed by atoms with Gasteiger partial charge in [0.15, 0.2) is 0 Å². The Hall–Kier alpha value is -1.55. The molecule has 1 amide bonds. The second-order valence-electron chi connectivity index (χ2n) is 4.57. The Morgan fingerprint density at radius 2 is 2.35 bits per heavy atom. The number of nitrogen functional groups attached to an aromatic ring is 1. The molecule has 1 aromatic carbocycles. The largest absolute Gasteiger partial charge is 0.398 e. The number of likely N-dealkylation sites (tertiary alicyclic amines) is 1. The van der Waals surface area contributed by atoms with E-state index < -0.39 is 0 Å². The number of aryl methyl sites for hydroxylation is 1. The van der Waals surface area contributed by atoms with Crippen LogP contribution in [0.3, 0.4) is 0 Å². The van der Waals surface area contributed by atoms with E-state index in [-0.39, 0.29) is 18.6 Å². The van der Waals surface area contributed by atoms with Crippen LogP contribution in [0.4, 0.5) is 5.69 Å². The average molecular weight is 234 g/mol. The van der Waals surface area contributed by atoms with Crippen LogP contribution in [0.5, 0.6) is 0 Å². The summed E-state index contributed by atoms with van der Waals surface area (Å²) in [5.41, 5.74) is 7.90. The van der Waals surface area contributed by atoms with Gasteiger partial charge in [0.05, 0.1) is 18.2 Å². The van der Waals surface area contributed by atoms with Gasteiger partial charge >= 0.3 is 0 Å². The van der Waals surface area contributed by atoms with Crippen molar-refractivity contribution >= 4 is 11.6 Å². The molecule has 2 rings (SSSR count). The number of benzene rings is 1. The molecule has 4 heteroatoms. The number of nitrogens with two attached hydrogens (primary N) is 1. The SMILES string of the molecule is Cc1ccc(N)c(C(=O)N2CCCC2CO)c1. The number of carbonyl (C=O) groups excluding carboxylic acids is 1. The Bertz CT molecular complexity index is 431. The summed E-state index contributed by atoms with van der Waals surface area (Å²) >= 11 is 0. The number of carbonyl (C=O) groups is 1. The zero-order valence-electron chi connectivity index (χ0n) is 10.0. The molecule has 1 aliphatic rings. The number of rotatable bonds is 2. The first-order valence-electron chi connectivity index (χ1n) is 5.91. The predicted octanol–water partition coefficient (Wildman–Crippen LogP) is 1.17. The minimum absolute atomic E-state index is 0.0253. The molecule has 1 fully saturated rings. The van der Waals surface area contributed by atoms with Gasteiger partial charge in [-0.25, -0.2) is 0 Å². The molecule has 0 bridgehead atoms. The first-order chi connectivity index (χ1) is 8.13. The third kappa shape index (κ3) is 2.26. The third-order valence-electron chi connectivity index (χ3n) is 3.29. The molecular formula is C13H18N2O2. The van der Waals surface area contributed by atoms with Crippen molar-refractivity contribution in [1.29, 1.82) is 0 Å². The van der Waals surface area contributed by atoms with Crippen LogP contribution in [0.1, 0.15) is 28.8 Å². The lowest BCUT2D eigenvalue weighted by Crippen LogP contribution is -2.37. The van der Waals surface area contributed by atoms with Crippen LogP contribution in [0.2, 0.25) is 0 Å². The molecule has 1 saturated heterocycles. The van der Waals surface area contributed by atoms with Crippen LogP contribution in [-0.2, 0) is 0 Å². The van der Waals surface area contributed by atoms with E-state index in [0.717, 1.165) is 18.4 Å². The lowest BCUT2D eigenvalue weighted by atomic mass is 10.1. The maximum Gasteiger partial charge on any atom is 0.256 e. The summed E-state index contributed by atoms with van der Waals surface area (Å²) in [6.07, 6.45) is 1.82. The van der Waals surface area contributed by atoms with Crippen molar-refractivity contribution in [3.8, 4) is 0 Å². The van der Waals surface area contributed by atoms with Crippen LogP contribution in [0, 0.1) is 6.92 Å². The van der Waals surface area contributed by atoms with Crippen LogP contribution < -0.4 is 5.73 Å². The zero-order valence-corrected chi connectivity index (χ0v) is 10.0. The smallest absolute Gasteiger partial charge is 0.256 e. The first kappa shape index (κ1) is 11.9. The lowest BCUT2D eigenvalue weighted by Gasteiger charge is -2.23. The standard InChI is InChI=1S/C13H18N2O2/c1-9-4-5-12(14)11(7-9)13(17)15-6-2-3-10(15)8-16/h4-5,7,10,16H,2-3,6,8,14H2,1H3. The molecule has 1 aliphatic heterocycles. The second kappa shape index (κ2) is 4.75. The molecule has 92 valence electrons. The maximum absolute atomic E-state index is 12.3. The fourth-order valence-electron chi connectivity index (χ4n) is 2.30. The van der Waals surface area contributed by atoms with Crippen LogP contribution >= 0.6 is 0 Å². The summed E-state index contributed by atoms with van der Waals surface area (Å²) in [5, 5.41) is 9.23. The average Bonchev–Trinajstić information content (AvgIpc) is 2.79. The van der Waals surface area contributed by atoms with Gasteiger partial charge in [0.2, 0.25) is 0 Å². The number of hydrogen-bond acceptors (Lipinski definition) is 3. The van der Waals surface area contributed by atoms with Crippen molar-refractivity contribution in [1.82, 2.24) is 4.90 Å². The quantitative estimate of drug-likeness (QED) is 0.755. The van der Waals surface area contributed by atoms with E-state index in [4.69, 9.17) is 5.73 Å². The second-order valence-corrected chi connectivity index (χ2v) is 4.57. The summed E-state index contributed by atoms with van der Waals surface area (Å²) in [5.74, 6) is -0.0669. The van der Waals surface area contributed by atoms with Gasteiger partial charge in [-0.3, -0.25) is 4.79 Å². The van der Waals surface area contributed by atoms with E-state index in [9.17, 15) is 9.90 Å². The molecule has 3 N–H and O–H groups in total. The molecule has 0 aliphatic carbocycles. The highest BCUT2D eigenvalue weighted by atomic mass is 16.3. The topological polar surface area (TPSA) is 66.6 Å². The van der Waals surface area contributed by atoms with E-state index in [0.29, 0.717) is 17.8 Å². The molecule has 1 aromatic rings. The molecule has 1 atom stereocenters. The molecule has 4 nitrogen and oxygen atoms in total. The summed E-state index contributed by atoms with van der Waals surface area (Å²) in [4.78, 5) is 14.1. The molecule has 1 unspecified atom stereocenters. The lowest BCUT2D eigenvalue weighted by molar-refractivity contribution is 0.0678. The van der Waals surface area contributed by atoms with Gasteiger partial charge in [0.25, 0.3) is 5.91 Å². The fraction of sp³-hybridized carbons (Fsp3) is 0.462. The number of aliphatic hydroxyl groups excluding tert-OH is 1. The number of anilines is 1. The summed E-state index contributed by atoms with van der Waals surface area (Å²) in [6, 6.07) is 5.40. The minimum Gasteiger partial charge on any atom is -0.398 e. The third-order valence-corrected chi connectivity index (χ3v) is 3.29. The highest BCUT2D eigenvalue weighted by molar-refractivity contribution is 5.99. The number of hydrogen-bond donors (Lipinski definition) is 2. The minimum atomic E-state index is -0.0669. The fourth-order valence-corrected chi connectivity index (χ4v) is 2.30. The molecule has 0 radical (unpaired) electrons. The van der Waals surface area contributed by atoms with Crippen LogP contribution in [0.25, 0.3) is 0 Å². The van der Waals surface area contributed by atoms with E-state index in [1.165, 1.54) is 0 Å². The Labute approximate surface area is 101 Å². The Kier molecular flexibility index (Phi) is 3.33. The van der Waals surface area contributed by atoms with E-state index in [1.54, 1.807) is 11.0 Å². The molecule has 17 heavy (non-hydrogen) atoms. The first-order valence-corrected chi connectivity index (χ1v) is 5.91. The van der Waals surface area contributed by atoms with Gasteiger partial charge in [-0.2, -0.15) is 0 Å². The highest BCUT2D eigenvalue weighted by Gasteiger charge is 2.29. The van der Waals surface area contributed by atoms with Crippen molar-refractivity contribution in [2.24, 2.45) is 0 Å². The van der Waals surface area contributed by atoms with Crippen molar-refractivity contribution in [3.05, 3.63) is 29.3 Å². The molecule has 0 aromatic heterocycles. The molecule has 0 spiro atoms. The number of aliphatic hydroxyl groups is 1. The van der Waals surface area contributed by atoms with Crippen molar-refractivity contribution in [2.75, 3.05) is 18.9 Å². The van der Waals surface area contributed by atoms with Crippen LogP contribution in [0.15, 0.2) is 18.2 Å². The van der Waals surface area contributed by atoms with Gasteiger partial charge < -0.3 is 15.7 Å². The summed E-state index contributed by atoms with van der Waals surface area (Å²) in [7, 11) is 0. The van der Waals surface area contributed by atoms with E-state index in [2.05, 4.69) is 0 Å². The highest BCUT2D eigenvalue weighted by Crippen LogP contribution is 2.23. The summed E-state index contributed by atoms with van der Waals surface area (Å²) in [6.45, 7) is 2.67. The Morgan fingerprint density at radius 3 is 3.06 bits per heavy atom. The number of amides is 1. The molecule has 0 saturated carbocycles. The maximum atomic E-state index is 12.3. The predicted molar refractivity (Wildman–Crippen MR) is 66.7 cm³/mol. The zero-order chi connectivity index (χ0) is 12.4. The van der Waals surface area contributed by atoms with Crippen molar-refractivity contribution in [3.63, 3.8) is 0 Å². The Balaban J connectivity index is 2.27. The van der Waals surface area contributed by atoms with Gasteiger partial charge in [0.1, 0.15) is 0 Å². The van der Waals surface area contributed by atoms with E-state index in [1.807, 2.05) is 19.1 Å². The van der Waals surface area contributed by atoms with Gasteiger partial charge in [-0.15, -0.1) is 0 Å². The van der Waals surface area contributed by atoms with Crippen molar-refractivity contribution in [2.45, 2.75) is 25.8 Å². The van der Waals surface area contributed by atoms with Gasteiger partial charge in [-0.1, -0.05) is 11.6 Å². The van der Waals surface area contributed by atoms with Crippen molar-refractivity contribution < 1.29 is 9.90 Å². The normalized spacial score (nSPS) is 19.6.